The highest BCUT2D eigenvalue weighted by atomic mass is 16.8. The number of phenols is 1. The molecule has 198 valence electrons. The van der Waals surface area contributed by atoms with Crippen LogP contribution in [-0.4, -0.2) is 71.4 Å². The molecule has 2 rings (SSSR count). The number of amides is 1. The van der Waals surface area contributed by atoms with E-state index in [2.05, 4.69) is 9.64 Å². The van der Waals surface area contributed by atoms with Gasteiger partial charge >= 0.3 is 18.4 Å². The van der Waals surface area contributed by atoms with Gasteiger partial charge in [0.1, 0.15) is 22.6 Å². The van der Waals surface area contributed by atoms with E-state index in [-0.39, 0.29) is 11.8 Å². The predicted molar refractivity (Wildman–Crippen MR) is 132 cm³/mol. The Kier molecular flexibility index (Phi) is 10.2. The zero-order valence-electron chi connectivity index (χ0n) is 22.3. The molecule has 0 unspecified atom stereocenters. The Bertz CT molecular complexity index is 814. The van der Waals surface area contributed by atoms with E-state index >= 15 is 0 Å². The molecule has 35 heavy (non-hydrogen) atoms. The SMILES string of the molecule is CC(C)(C)OC(=O)N1CCN(c2ccc(O)cc2)CC1.CC(C)(C)OC(=O)OC(=O)OC(C)(C)C. The highest BCUT2D eigenvalue weighted by Crippen LogP contribution is 2.20. The summed E-state index contributed by atoms with van der Waals surface area (Å²) in [4.78, 5) is 37.9. The minimum Gasteiger partial charge on any atom is -0.508 e. The third kappa shape index (κ3) is 13.3. The van der Waals surface area contributed by atoms with Gasteiger partial charge in [0.2, 0.25) is 0 Å². The van der Waals surface area contributed by atoms with Crippen LogP contribution in [0.15, 0.2) is 24.3 Å². The number of nitrogens with zero attached hydrogens (tertiary/aromatic N) is 2. The van der Waals surface area contributed by atoms with Crippen LogP contribution in [0, 0.1) is 0 Å². The fraction of sp³-hybridized carbons (Fsp3) is 0.640. The molecule has 0 aliphatic carbocycles. The number of piperazine rings is 1. The van der Waals surface area contributed by atoms with Gasteiger partial charge in [-0.3, -0.25) is 0 Å². The number of aromatic hydroxyl groups is 1. The molecule has 1 N–H and O–H groups in total. The second-order valence-electron chi connectivity index (χ2n) is 11.0. The highest BCUT2D eigenvalue weighted by Gasteiger charge is 2.26. The molecule has 1 aliphatic rings. The lowest BCUT2D eigenvalue weighted by Gasteiger charge is -2.36. The van der Waals surface area contributed by atoms with E-state index in [4.69, 9.17) is 14.2 Å². The summed E-state index contributed by atoms with van der Waals surface area (Å²) in [7, 11) is 0. The van der Waals surface area contributed by atoms with Gasteiger partial charge in [0.05, 0.1) is 0 Å². The van der Waals surface area contributed by atoms with Crippen molar-refractivity contribution in [2.75, 3.05) is 31.1 Å². The molecular weight excluding hydrogens is 456 g/mol. The highest BCUT2D eigenvalue weighted by molar-refractivity contribution is 5.77. The molecule has 10 heteroatoms. The van der Waals surface area contributed by atoms with E-state index in [1.807, 2.05) is 32.9 Å². The number of ether oxygens (including phenoxy) is 4. The zero-order chi connectivity index (χ0) is 27.0. The van der Waals surface area contributed by atoms with Gasteiger partial charge in [-0.15, -0.1) is 0 Å². The molecule has 1 aromatic carbocycles. The van der Waals surface area contributed by atoms with Gasteiger partial charge in [-0.25, -0.2) is 14.4 Å². The van der Waals surface area contributed by atoms with Crippen molar-refractivity contribution >= 4 is 24.1 Å². The summed E-state index contributed by atoms with van der Waals surface area (Å²) < 4.78 is 19.2. The molecule has 1 fully saturated rings. The van der Waals surface area contributed by atoms with Crippen LogP contribution in [0.25, 0.3) is 0 Å². The smallest absolute Gasteiger partial charge is 0.508 e. The van der Waals surface area contributed by atoms with Crippen molar-refractivity contribution in [1.29, 1.82) is 0 Å². The number of carbonyl (C=O) groups is 3. The molecular formula is C25H40N2O8. The fourth-order valence-electron chi connectivity index (χ4n) is 2.75. The van der Waals surface area contributed by atoms with Crippen molar-refractivity contribution in [3.63, 3.8) is 0 Å². The first-order chi connectivity index (χ1) is 15.8. The van der Waals surface area contributed by atoms with Gasteiger partial charge in [0, 0.05) is 31.9 Å². The zero-order valence-corrected chi connectivity index (χ0v) is 22.3. The summed E-state index contributed by atoms with van der Waals surface area (Å²) in [5.41, 5.74) is -0.782. The molecule has 0 radical (unpaired) electrons. The Morgan fingerprint density at radius 3 is 1.46 bits per heavy atom. The summed E-state index contributed by atoms with van der Waals surface area (Å²) >= 11 is 0. The molecule has 1 aromatic rings. The molecule has 0 aromatic heterocycles. The number of hydrogen-bond donors (Lipinski definition) is 1. The van der Waals surface area contributed by atoms with Crippen LogP contribution in [0.1, 0.15) is 62.3 Å². The van der Waals surface area contributed by atoms with Crippen LogP contribution >= 0.6 is 0 Å². The molecule has 1 amide bonds. The van der Waals surface area contributed by atoms with Crippen LogP contribution in [0.2, 0.25) is 0 Å². The number of phenolic OH excluding ortho intramolecular Hbond substituents is 1. The minimum absolute atomic E-state index is 0.247. The van der Waals surface area contributed by atoms with Crippen molar-refractivity contribution in [2.24, 2.45) is 0 Å². The number of anilines is 1. The summed E-state index contributed by atoms with van der Waals surface area (Å²) in [6.07, 6.45) is -2.36. The van der Waals surface area contributed by atoms with Crippen LogP contribution in [0.5, 0.6) is 5.75 Å². The van der Waals surface area contributed by atoms with E-state index in [1.165, 1.54) is 0 Å². The van der Waals surface area contributed by atoms with Crippen molar-refractivity contribution in [3.8, 4) is 5.75 Å². The van der Waals surface area contributed by atoms with Gasteiger partial charge in [-0.2, -0.15) is 0 Å². The third-order valence-electron chi connectivity index (χ3n) is 4.09. The van der Waals surface area contributed by atoms with Gasteiger partial charge in [0.15, 0.2) is 0 Å². The number of rotatable bonds is 1. The monoisotopic (exact) mass is 496 g/mol. The van der Waals surface area contributed by atoms with Crippen molar-refractivity contribution in [3.05, 3.63) is 24.3 Å². The summed E-state index contributed by atoms with van der Waals surface area (Å²) in [6, 6.07) is 7.13. The molecule has 1 saturated heterocycles. The molecule has 0 saturated carbocycles. The Balaban J connectivity index is 0.000000367. The average Bonchev–Trinajstić information content (AvgIpc) is 2.64. The number of benzene rings is 1. The van der Waals surface area contributed by atoms with Crippen LogP contribution in [-0.2, 0) is 18.9 Å². The lowest BCUT2D eigenvalue weighted by atomic mass is 10.2. The maximum absolute atomic E-state index is 12.0. The Morgan fingerprint density at radius 2 is 1.09 bits per heavy atom. The number of hydrogen-bond acceptors (Lipinski definition) is 9. The molecule has 10 nitrogen and oxygen atoms in total. The Labute approximate surface area is 208 Å². The summed E-state index contributed by atoms with van der Waals surface area (Å²) in [6.45, 7) is 18.5. The van der Waals surface area contributed by atoms with Crippen molar-refractivity contribution in [1.82, 2.24) is 4.90 Å². The predicted octanol–water partition coefficient (Wildman–Crippen LogP) is 5.32. The quantitative estimate of drug-likeness (QED) is 0.313. The summed E-state index contributed by atoms with van der Waals surface area (Å²) in [5, 5.41) is 9.29. The van der Waals surface area contributed by atoms with Crippen LogP contribution < -0.4 is 4.90 Å². The second-order valence-corrected chi connectivity index (χ2v) is 11.0. The lowest BCUT2D eigenvalue weighted by Crippen LogP contribution is -2.50. The number of carbonyl (C=O) groups excluding carboxylic acids is 3. The van der Waals surface area contributed by atoms with E-state index in [0.717, 1.165) is 18.8 Å². The Morgan fingerprint density at radius 1 is 0.686 bits per heavy atom. The largest absolute Gasteiger partial charge is 0.519 e. The Hall–Kier alpha value is -3.17. The first-order valence-electron chi connectivity index (χ1n) is 11.5. The van der Waals surface area contributed by atoms with Crippen molar-refractivity contribution < 1.29 is 38.4 Å². The maximum atomic E-state index is 12.0. The first kappa shape index (κ1) is 29.9. The molecule has 0 atom stereocenters. The molecule has 1 heterocycles. The molecule has 0 bridgehead atoms. The summed E-state index contributed by atoms with van der Waals surface area (Å²) in [5.74, 6) is 0.265. The maximum Gasteiger partial charge on any atom is 0.519 e. The van der Waals surface area contributed by atoms with Crippen LogP contribution in [0.4, 0.5) is 20.1 Å². The van der Waals surface area contributed by atoms with E-state index in [0.29, 0.717) is 13.1 Å². The normalized spacial score (nSPS) is 14.3. The first-order valence-corrected chi connectivity index (χ1v) is 11.5. The minimum atomic E-state index is -1.06. The van der Waals surface area contributed by atoms with E-state index in [1.54, 1.807) is 58.6 Å². The fourth-order valence-corrected chi connectivity index (χ4v) is 2.75. The van der Waals surface area contributed by atoms with Gasteiger partial charge < -0.3 is 33.9 Å². The molecule has 0 spiro atoms. The van der Waals surface area contributed by atoms with Gasteiger partial charge in [-0.1, -0.05) is 0 Å². The van der Waals surface area contributed by atoms with E-state index in [9.17, 15) is 19.5 Å². The molecule has 1 aliphatic heterocycles. The lowest BCUT2D eigenvalue weighted by molar-refractivity contribution is -0.0294. The standard InChI is InChI=1S/C15H22N2O3.C10H18O5/c1-15(2,3)20-14(19)17-10-8-16(9-11-17)12-4-6-13(18)7-5-12;1-9(2,3)14-7(11)13-8(12)15-10(4,5)6/h4-7,18H,8-11H2,1-3H3;1-6H3. The topological polar surface area (TPSA) is 115 Å². The van der Waals surface area contributed by atoms with Gasteiger partial charge in [-0.05, 0) is 86.6 Å². The average molecular weight is 497 g/mol. The van der Waals surface area contributed by atoms with E-state index < -0.39 is 29.1 Å². The van der Waals surface area contributed by atoms with Crippen LogP contribution in [0.3, 0.4) is 0 Å². The second kappa shape index (κ2) is 12.0. The van der Waals surface area contributed by atoms with Gasteiger partial charge in [0.25, 0.3) is 0 Å². The third-order valence-corrected chi connectivity index (χ3v) is 4.09. The van der Waals surface area contributed by atoms with Crippen molar-refractivity contribution in [2.45, 2.75) is 79.1 Å².